The summed E-state index contributed by atoms with van der Waals surface area (Å²) in [6.45, 7) is 0.588. The molecule has 0 aliphatic carbocycles. The summed E-state index contributed by atoms with van der Waals surface area (Å²) in [5.74, 6) is 0. The zero-order chi connectivity index (χ0) is 13.2. The molecule has 0 aliphatic heterocycles. The Morgan fingerprint density at radius 1 is 1.26 bits per heavy atom. The van der Waals surface area contributed by atoms with Crippen molar-refractivity contribution in [3.63, 3.8) is 0 Å². The van der Waals surface area contributed by atoms with Crippen molar-refractivity contribution in [1.82, 2.24) is 9.55 Å². The van der Waals surface area contributed by atoms with Gasteiger partial charge in [-0.2, -0.15) is 0 Å². The van der Waals surface area contributed by atoms with Crippen LogP contribution >= 0.6 is 23.1 Å². The van der Waals surface area contributed by atoms with Crippen molar-refractivity contribution in [3.05, 3.63) is 57.0 Å². The fraction of sp³-hybridized carbons (Fsp3) is 0.143. The minimum Gasteiger partial charge on any atom is -0.282 e. The van der Waals surface area contributed by atoms with Crippen molar-refractivity contribution >= 4 is 34.0 Å². The minimum atomic E-state index is 0.0309. The maximum absolute atomic E-state index is 12.5. The first-order valence-electron chi connectivity index (χ1n) is 5.85. The van der Waals surface area contributed by atoms with Gasteiger partial charge in [-0.15, -0.1) is 11.3 Å². The van der Waals surface area contributed by atoms with E-state index < -0.39 is 0 Å². The van der Waals surface area contributed by atoms with Gasteiger partial charge in [-0.1, -0.05) is 30.0 Å². The molecule has 1 aromatic carbocycles. The summed E-state index contributed by atoms with van der Waals surface area (Å²) in [6.07, 6.45) is 1.95. The summed E-state index contributed by atoms with van der Waals surface area (Å²) in [5, 5.41) is 3.46. The van der Waals surface area contributed by atoms with Gasteiger partial charge < -0.3 is 0 Å². The van der Waals surface area contributed by atoms with E-state index in [2.05, 4.69) is 4.98 Å². The number of nitrogens with zero attached hydrogens (tertiary/aromatic N) is 2. The highest BCUT2D eigenvalue weighted by atomic mass is 32.2. The van der Waals surface area contributed by atoms with Crippen LogP contribution in [0.5, 0.6) is 0 Å². The summed E-state index contributed by atoms with van der Waals surface area (Å²) < 4.78 is 1.75. The first-order valence-corrected chi connectivity index (χ1v) is 7.96. The molecule has 2 aromatic heterocycles. The van der Waals surface area contributed by atoms with E-state index in [0.29, 0.717) is 11.9 Å². The molecular formula is C14H12N2OS2. The maximum Gasteiger partial charge on any atom is 0.262 e. The molecule has 96 valence electrons. The van der Waals surface area contributed by atoms with Crippen LogP contribution < -0.4 is 5.56 Å². The van der Waals surface area contributed by atoms with Crippen LogP contribution in [-0.4, -0.2) is 15.8 Å². The SMILES string of the molecule is CSc1nc2ccccc2c(=O)n1Cc1cccs1. The third-order valence-corrected chi connectivity index (χ3v) is 4.44. The molecule has 0 fully saturated rings. The van der Waals surface area contributed by atoms with Crippen molar-refractivity contribution in [3.8, 4) is 0 Å². The Morgan fingerprint density at radius 3 is 2.84 bits per heavy atom. The molecule has 3 rings (SSSR count). The van der Waals surface area contributed by atoms with Crippen molar-refractivity contribution in [1.29, 1.82) is 0 Å². The highest BCUT2D eigenvalue weighted by Gasteiger charge is 2.10. The topological polar surface area (TPSA) is 34.9 Å². The van der Waals surface area contributed by atoms with Crippen LogP contribution in [0.3, 0.4) is 0 Å². The largest absolute Gasteiger partial charge is 0.282 e. The summed E-state index contributed by atoms with van der Waals surface area (Å²) >= 11 is 3.16. The van der Waals surface area contributed by atoms with Crippen LogP contribution in [0.25, 0.3) is 10.9 Å². The zero-order valence-corrected chi connectivity index (χ0v) is 12.0. The van der Waals surface area contributed by atoms with E-state index in [1.54, 1.807) is 15.9 Å². The standard InChI is InChI=1S/C14H12N2OS2/c1-18-14-15-12-7-3-2-6-11(12)13(17)16(14)9-10-5-4-8-19-10/h2-8H,9H2,1H3. The number of benzene rings is 1. The van der Waals surface area contributed by atoms with E-state index in [-0.39, 0.29) is 5.56 Å². The fourth-order valence-corrected chi connectivity index (χ4v) is 3.25. The van der Waals surface area contributed by atoms with Gasteiger partial charge in [-0.25, -0.2) is 4.98 Å². The predicted molar refractivity (Wildman–Crippen MR) is 81.2 cm³/mol. The highest BCUT2D eigenvalue weighted by molar-refractivity contribution is 7.98. The number of thioether (sulfide) groups is 1. The Hall–Kier alpha value is -1.59. The Bertz CT molecular complexity index is 763. The molecule has 0 N–H and O–H groups in total. The van der Waals surface area contributed by atoms with Crippen molar-refractivity contribution in [2.75, 3.05) is 6.26 Å². The lowest BCUT2D eigenvalue weighted by Gasteiger charge is -2.10. The number of para-hydroxylation sites is 1. The van der Waals surface area contributed by atoms with Gasteiger partial charge in [0, 0.05) is 4.88 Å². The lowest BCUT2D eigenvalue weighted by molar-refractivity contribution is 0.665. The van der Waals surface area contributed by atoms with Crippen LogP contribution in [0.15, 0.2) is 51.7 Å². The quantitative estimate of drug-likeness (QED) is 0.548. The molecule has 19 heavy (non-hydrogen) atoms. The van der Waals surface area contributed by atoms with Crippen LogP contribution in [0, 0.1) is 0 Å². The van der Waals surface area contributed by atoms with Crippen LogP contribution in [0.4, 0.5) is 0 Å². The van der Waals surface area contributed by atoms with Gasteiger partial charge >= 0.3 is 0 Å². The van der Waals surface area contributed by atoms with Crippen molar-refractivity contribution in [2.45, 2.75) is 11.7 Å². The molecule has 0 radical (unpaired) electrons. The van der Waals surface area contributed by atoms with Gasteiger partial charge in [0.1, 0.15) is 0 Å². The summed E-state index contributed by atoms with van der Waals surface area (Å²) in [7, 11) is 0. The van der Waals surface area contributed by atoms with Gasteiger partial charge in [0.05, 0.1) is 17.4 Å². The van der Waals surface area contributed by atoms with Crippen LogP contribution in [0.2, 0.25) is 0 Å². The Morgan fingerprint density at radius 2 is 2.11 bits per heavy atom. The molecule has 3 nitrogen and oxygen atoms in total. The molecule has 0 atom stereocenters. The van der Waals surface area contributed by atoms with E-state index in [9.17, 15) is 4.79 Å². The third-order valence-electron chi connectivity index (χ3n) is 2.90. The number of rotatable bonds is 3. The fourth-order valence-electron chi connectivity index (χ4n) is 2.00. The van der Waals surface area contributed by atoms with Gasteiger partial charge in [0.15, 0.2) is 5.16 Å². The molecule has 5 heteroatoms. The number of hydrogen-bond donors (Lipinski definition) is 0. The van der Waals surface area contributed by atoms with Gasteiger partial charge in [-0.3, -0.25) is 9.36 Å². The van der Waals surface area contributed by atoms with Crippen LogP contribution in [0.1, 0.15) is 4.88 Å². The number of thiophene rings is 1. The second kappa shape index (κ2) is 5.19. The third kappa shape index (κ3) is 2.31. The first-order chi connectivity index (χ1) is 9.29. The zero-order valence-electron chi connectivity index (χ0n) is 10.4. The normalized spacial score (nSPS) is 11.0. The smallest absolute Gasteiger partial charge is 0.262 e. The molecule has 0 aliphatic rings. The van der Waals surface area contributed by atoms with E-state index in [1.165, 1.54) is 11.8 Å². The van der Waals surface area contributed by atoms with E-state index in [1.807, 2.05) is 48.0 Å². The lowest BCUT2D eigenvalue weighted by Crippen LogP contribution is -2.23. The van der Waals surface area contributed by atoms with Gasteiger partial charge in [0.2, 0.25) is 0 Å². The van der Waals surface area contributed by atoms with Crippen molar-refractivity contribution < 1.29 is 0 Å². The number of hydrogen-bond acceptors (Lipinski definition) is 4. The molecule has 0 spiro atoms. The minimum absolute atomic E-state index is 0.0309. The van der Waals surface area contributed by atoms with Gasteiger partial charge in [0.25, 0.3) is 5.56 Å². The molecular weight excluding hydrogens is 276 g/mol. The summed E-state index contributed by atoms with van der Waals surface area (Å²) in [6, 6.07) is 11.5. The predicted octanol–water partition coefficient (Wildman–Crippen LogP) is 3.23. The molecule has 0 saturated heterocycles. The molecule has 0 amide bonds. The maximum atomic E-state index is 12.5. The van der Waals surface area contributed by atoms with Gasteiger partial charge in [-0.05, 0) is 29.8 Å². The van der Waals surface area contributed by atoms with E-state index in [4.69, 9.17) is 0 Å². The molecule has 3 aromatic rings. The molecule has 0 saturated carbocycles. The van der Waals surface area contributed by atoms with Crippen molar-refractivity contribution in [2.24, 2.45) is 0 Å². The summed E-state index contributed by atoms with van der Waals surface area (Å²) in [4.78, 5) is 18.3. The number of fused-ring (bicyclic) bond motifs is 1. The Kier molecular flexibility index (Phi) is 3.40. The van der Waals surface area contributed by atoms with Crippen LogP contribution in [-0.2, 0) is 6.54 Å². The van der Waals surface area contributed by atoms with E-state index >= 15 is 0 Å². The first kappa shape index (κ1) is 12.4. The Labute approximate surface area is 118 Å². The summed E-state index contributed by atoms with van der Waals surface area (Å²) in [5.41, 5.74) is 0.794. The Balaban J connectivity index is 2.21. The average molecular weight is 288 g/mol. The van der Waals surface area contributed by atoms with E-state index in [0.717, 1.165) is 15.6 Å². The second-order valence-corrected chi connectivity index (χ2v) is 5.89. The molecule has 0 bridgehead atoms. The molecule has 2 heterocycles. The number of aromatic nitrogens is 2. The molecule has 0 unspecified atom stereocenters. The second-order valence-electron chi connectivity index (χ2n) is 4.09. The highest BCUT2D eigenvalue weighted by Crippen LogP contribution is 2.18. The average Bonchev–Trinajstić information content (AvgIpc) is 2.95. The lowest BCUT2D eigenvalue weighted by atomic mass is 10.2. The monoisotopic (exact) mass is 288 g/mol.